The summed E-state index contributed by atoms with van der Waals surface area (Å²) in [6.45, 7) is 1.21. The Kier molecular flexibility index (Phi) is 3.01. The lowest BCUT2D eigenvalue weighted by molar-refractivity contribution is -0.140. The Bertz CT molecular complexity index is 317. The van der Waals surface area contributed by atoms with Crippen molar-refractivity contribution in [2.24, 2.45) is 0 Å². The SMILES string of the molecule is CN(Cc1ncc[nH]1)C(=O)C1CCCO1. The number of nitrogens with zero attached hydrogens (tertiary/aromatic N) is 2. The summed E-state index contributed by atoms with van der Waals surface area (Å²) >= 11 is 0. The van der Waals surface area contributed by atoms with Crippen LogP contribution in [-0.4, -0.2) is 40.5 Å². The molecule has 1 saturated heterocycles. The van der Waals surface area contributed by atoms with Crippen LogP contribution >= 0.6 is 0 Å². The van der Waals surface area contributed by atoms with Gasteiger partial charge in [-0.25, -0.2) is 4.98 Å². The Morgan fingerprint density at radius 1 is 1.80 bits per heavy atom. The Labute approximate surface area is 88.4 Å². The quantitative estimate of drug-likeness (QED) is 0.790. The van der Waals surface area contributed by atoms with Crippen molar-refractivity contribution in [3.8, 4) is 0 Å². The number of amides is 1. The van der Waals surface area contributed by atoms with E-state index < -0.39 is 0 Å². The highest BCUT2D eigenvalue weighted by molar-refractivity contribution is 5.80. The first kappa shape index (κ1) is 10.2. The molecule has 1 aromatic rings. The summed E-state index contributed by atoms with van der Waals surface area (Å²) in [5.74, 6) is 0.841. The van der Waals surface area contributed by atoms with Crippen molar-refractivity contribution in [3.05, 3.63) is 18.2 Å². The minimum atomic E-state index is -0.245. The number of aromatic nitrogens is 2. The summed E-state index contributed by atoms with van der Waals surface area (Å²) < 4.78 is 5.33. The number of imidazole rings is 1. The van der Waals surface area contributed by atoms with Gasteiger partial charge in [0.15, 0.2) is 0 Å². The second-order valence-corrected chi connectivity index (χ2v) is 3.73. The molecule has 0 bridgehead atoms. The zero-order valence-electron chi connectivity index (χ0n) is 8.77. The third-order valence-electron chi connectivity index (χ3n) is 2.52. The average Bonchev–Trinajstić information content (AvgIpc) is 2.88. The van der Waals surface area contributed by atoms with Crippen molar-refractivity contribution >= 4 is 5.91 Å². The molecular formula is C10H15N3O2. The van der Waals surface area contributed by atoms with E-state index in [9.17, 15) is 4.79 Å². The summed E-state index contributed by atoms with van der Waals surface area (Å²) in [4.78, 5) is 20.5. The van der Waals surface area contributed by atoms with E-state index in [4.69, 9.17) is 4.74 Å². The molecule has 1 fully saturated rings. The van der Waals surface area contributed by atoms with Crippen LogP contribution in [0.15, 0.2) is 12.4 Å². The Morgan fingerprint density at radius 2 is 2.67 bits per heavy atom. The molecule has 0 aliphatic carbocycles. The van der Waals surface area contributed by atoms with Crippen LogP contribution < -0.4 is 0 Å². The number of carbonyl (C=O) groups is 1. The van der Waals surface area contributed by atoms with E-state index in [1.807, 2.05) is 0 Å². The molecule has 1 N–H and O–H groups in total. The standard InChI is InChI=1S/C10H15N3O2/c1-13(7-9-11-4-5-12-9)10(14)8-3-2-6-15-8/h4-5,8H,2-3,6-7H2,1H3,(H,11,12). The van der Waals surface area contributed by atoms with Crippen LogP contribution in [0.4, 0.5) is 0 Å². The van der Waals surface area contributed by atoms with Gasteiger partial charge < -0.3 is 14.6 Å². The maximum absolute atomic E-state index is 11.8. The lowest BCUT2D eigenvalue weighted by atomic mass is 10.2. The maximum atomic E-state index is 11.8. The van der Waals surface area contributed by atoms with Crippen LogP contribution in [0.25, 0.3) is 0 Å². The van der Waals surface area contributed by atoms with Gasteiger partial charge in [-0.2, -0.15) is 0 Å². The number of aromatic amines is 1. The van der Waals surface area contributed by atoms with Gasteiger partial charge in [-0.3, -0.25) is 4.79 Å². The minimum Gasteiger partial charge on any atom is -0.368 e. The van der Waals surface area contributed by atoms with Crippen molar-refractivity contribution in [1.82, 2.24) is 14.9 Å². The number of ether oxygens (including phenoxy) is 1. The zero-order chi connectivity index (χ0) is 10.7. The van der Waals surface area contributed by atoms with Gasteiger partial charge >= 0.3 is 0 Å². The van der Waals surface area contributed by atoms with E-state index in [2.05, 4.69) is 9.97 Å². The maximum Gasteiger partial charge on any atom is 0.251 e. The van der Waals surface area contributed by atoms with Crippen LogP contribution in [0.3, 0.4) is 0 Å². The van der Waals surface area contributed by atoms with Gasteiger partial charge in [0.1, 0.15) is 11.9 Å². The van der Waals surface area contributed by atoms with Gasteiger partial charge in [0, 0.05) is 26.0 Å². The number of H-pyrrole nitrogens is 1. The summed E-state index contributed by atoms with van der Waals surface area (Å²) in [5.41, 5.74) is 0. The number of likely N-dealkylation sites (N-methyl/N-ethyl adjacent to an activating group) is 1. The fourth-order valence-corrected chi connectivity index (χ4v) is 1.71. The molecule has 2 heterocycles. The number of nitrogens with one attached hydrogen (secondary N) is 1. The van der Waals surface area contributed by atoms with E-state index in [0.717, 1.165) is 18.7 Å². The predicted molar refractivity (Wildman–Crippen MR) is 54.0 cm³/mol. The second-order valence-electron chi connectivity index (χ2n) is 3.73. The van der Waals surface area contributed by atoms with Gasteiger partial charge in [0.2, 0.25) is 0 Å². The molecule has 1 aromatic heterocycles. The normalized spacial score (nSPS) is 20.5. The molecule has 1 amide bonds. The fraction of sp³-hybridized carbons (Fsp3) is 0.600. The predicted octanol–water partition coefficient (Wildman–Crippen LogP) is 0.547. The highest BCUT2D eigenvalue weighted by atomic mass is 16.5. The summed E-state index contributed by atoms with van der Waals surface area (Å²) in [5, 5.41) is 0. The molecule has 5 heteroatoms. The van der Waals surface area contributed by atoms with Crippen molar-refractivity contribution < 1.29 is 9.53 Å². The molecule has 0 aromatic carbocycles. The molecule has 82 valence electrons. The Balaban J connectivity index is 1.89. The minimum absolute atomic E-state index is 0.0453. The van der Waals surface area contributed by atoms with Gasteiger partial charge in [0.25, 0.3) is 5.91 Å². The van der Waals surface area contributed by atoms with Crippen molar-refractivity contribution in [1.29, 1.82) is 0 Å². The van der Waals surface area contributed by atoms with Crippen molar-refractivity contribution in [2.75, 3.05) is 13.7 Å². The Morgan fingerprint density at radius 3 is 3.27 bits per heavy atom. The molecule has 1 unspecified atom stereocenters. The second kappa shape index (κ2) is 4.44. The topological polar surface area (TPSA) is 58.2 Å². The first-order valence-electron chi connectivity index (χ1n) is 5.12. The van der Waals surface area contributed by atoms with Crippen LogP contribution in [0, 0.1) is 0 Å². The van der Waals surface area contributed by atoms with Crippen molar-refractivity contribution in [3.63, 3.8) is 0 Å². The highest BCUT2D eigenvalue weighted by Crippen LogP contribution is 2.14. The monoisotopic (exact) mass is 209 g/mol. The largest absolute Gasteiger partial charge is 0.368 e. The molecule has 1 aliphatic rings. The molecule has 15 heavy (non-hydrogen) atoms. The molecule has 5 nitrogen and oxygen atoms in total. The van der Waals surface area contributed by atoms with Gasteiger partial charge in [-0.1, -0.05) is 0 Å². The average molecular weight is 209 g/mol. The van der Waals surface area contributed by atoms with Crippen molar-refractivity contribution in [2.45, 2.75) is 25.5 Å². The third kappa shape index (κ3) is 2.36. The molecule has 2 rings (SSSR count). The zero-order valence-corrected chi connectivity index (χ0v) is 8.77. The van der Waals surface area contributed by atoms with Crippen LogP contribution in [0.1, 0.15) is 18.7 Å². The fourth-order valence-electron chi connectivity index (χ4n) is 1.71. The lowest BCUT2D eigenvalue weighted by Gasteiger charge is -2.19. The highest BCUT2D eigenvalue weighted by Gasteiger charge is 2.26. The Hall–Kier alpha value is -1.36. The van der Waals surface area contributed by atoms with Gasteiger partial charge in [-0.15, -0.1) is 0 Å². The third-order valence-corrected chi connectivity index (χ3v) is 2.52. The van der Waals surface area contributed by atoms with Crippen LogP contribution in [0.5, 0.6) is 0 Å². The molecule has 0 radical (unpaired) electrons. The first-order valence-corrected chi connectivity index (χ1v) is 5.12. The number of carbonyl (C=O) groups excluding carboxylic acids is 1. The smallest absolute Gasteiger partial charge is 0.251 e. The summed E-state index contributed by atoms with van der Waals surface area (Å²) in [7, 11) is 1.77. The molecular weight excluding hydrogens is 194 g/mol. The van der Waals surface area contributed by atoms with E-state index in [0.29, 0.717) is 13.2 Å². The number of hydrogen-bond donors (Lipinski definition) is 1. The molecule has 1 atom stereocenters. The summed E-state index contributed by atoms with van der Waals surface area (Å²) in [6, 6.07) is 0. The van der Waals surface area contributed by atoms with E-state index >= 15 is 0 Å². The van der Waals surface area contributed by atoms with Crippen LogP contribution in [0.2, 0.25) is 0 Å². The van der Waals surface area contributed by atoms with E-state index in [-0.39, 0.29) is 12.0 Å². The van der Waals surface area contributed by atoms with E-state index in [1.165, 1.54) is 0 Å². The number of hydrogen-bond acceptors (Lipinski definition) is 3. The van der Waals surface area contributed by atoms with E-state index in [1.54, 1.807) is 24.3 Å². The first-order chi connectivity index (χ1) is 7.27. The molecule has 0 spiro atoms. The van der Waals surface area contributed by atoms with Gasteiger partial charge in [0.05, 0.1) is 6.54 Å². The molecule has 1 aliphatic heterocycles. The summed E-state index contributed by atoms with van der Waals surface area (Å²) in [6.07, 6.45) is 5.00. The van der Waals surface area contributed by atoms with Crippen LogP contribution in [-0.2, 0) is 16.1 Å². The number of rotatable bonds is 3. The van der Waals surface area contributed by atoms with Gasteiger partial charge in [-0.05, 0) is 12.8 Å². The molecule has 0 saturated carbocycles. The lowest BCUT2D eigenvalue weighted by Crippen LogP contribution is -2.35.